The first-order valence-corrected chi connectivity index (χ1v) is 3.72. The highest BCUT2D eigenvalue weighted by Crippen LogP contribution is 2.40. The van der Waals surface area contributed by atoms with E-state index in [2.05, 4.69) is 13.5 Å². The molecule has 0 N–H and O–H groups in total. The molecule has 1 nitrogen and oxygen atoms in total. The van der Waals surface area contributed by atoms with Crippen molar-refractivity contribution in [2.24, 2.45) is 5.41 Å². The lowest BCUT2D eigenvalue weighted by molar-refractivity contribution is -0.117. The van der Waals surface area contributed by atoms with Gasteiger partial charge in [0, 0.05) is 12.8 Å². The van der Waals surface area contributed by atoms with Gasteiger partial charge in [-0.15, -0.1) is 0 Å². The van der Waals surface area contributed by atoms with Gasteiger partial charge in [-0.2, -0.15) is 0 Å². The SMILES string of the molecule is C=C(C)[C@]1(C)CCC(=O)C1. The number of carbonyl (C=O) groups excluding carboxylic acids is 1. The monoisotopic (exact) mass is 138 g/mol. The molecule has 1 rings (SSSR count). The Morgan fingerprint density at radius 2 is 2.30 bits per heavy atom. The van der Waals surface area contributed by atoms with Crippen LogP contribution in [0, 0.1) is 5.41 Å². The number of hydrogen-bond acceptors (Lipinski definition) is 1. The summed E-state index contributed by atoms with van der Waals surface area (Å²) in [6, 6.07) is 0. The average molecular weight is 138 g/mol. The zero-order valence-corrected chi connectivity index (χ0v) is 6.74. The third-order valence-electron chi connectivity index (χ3n) is 2.57. The van der Waals surface area contributed by atoms with Crippen molar-refractivity contribution in [1.29, 1.82) is 0 Å². The van der Waals surface area contributed by atoms with Crippen molar-refractivity contribution in [3.8, 4) is 0 Å². The number of allylic oxidation sites excluding steroid dienone is 1. The minimum absolute atomic E-state index is 0.122. The molecule has 10 heavy (non-hydrogen) atoms. The van der Waals surface area contributed by atoms with Gasteiger partial charge in [0.25, 0.3) is 0 Å². The Hall–Kier alpha value is -0.590. The summed E-state index contributed by atoms with van der Waals surface area (Å²) in [7, 11) is 0. The van der Waals surface area contributed by atoms with Crippen LogP contribution in [0.3, 0.4) is 0 Å². The molecule has 1 aliphatic carbocycles. The molecule has 0 spiro atoms. The van der Waals surface area contributed by atoms with Crippen LogP contribution in [0.4, 0.5) is 0 Å². The quantitative estimate of drug-likeness (QED) is 0.508. The summed E-state index contributed by atoms with van der Waals surface area (Å²) in [4.78, 5) is 10.9. The van der Waals surface area contributed by atoms with Crippen LogP contribution < -0.4 is 0 Å². The maximum atomic E-state index is 10.9. The lowest BCUT2D eigenvalue weighted by Gasteiger charge is -2.22. The van der Waals surface area contributed by atoms with Gasteiger partial charge in [0.2, 0.25) is 0 Å². The highest BCUT2D eigenvalue weighted by molar-refractivity contribution is 5.82. The number of carbonyl (C=O) groups is 1. The summed E-state index contributed by atoms with van der Waals surface area (Å²) in [6.45, 7) is 8.03. The van der Waals surface area contributed by atoms with Crippen LogP contribution in [0.5, 0.6) is 0 Å². The summed E-state index contributed by atoms with van der Waals surface area (Å²) in [5, 5.41) is 0. The Morgan fingerprint density at radius 1 is 1.70 bits per heavy atom. The molecule has 1 heteroatoms. The van der Waals surface area contributed by atoms with E-state index in [0.717, 1.165) is 18.4 Å². The standard InChI is InChI=1S/C9H14O/c1-7(2)9(3)5-4-8(10)6-9/h1,4-6H2,2-3H3/t9-/m1/s1. The van der Waals surface area contributed by atoms with Gasteiger partial charge < -0.3 is 0 Å². The number of ketones is 1. The summed E-state index contributed by atoms with van der Waals surface area (Å²) < 4.78 is 0. The minimum Gasteiger partial charge on any atom is -0.300 e. The molecule has 1 aliphatic rings. The molecule has 56 valence electrons. The van der Waals surface area contributed by atoms with Gasteiger partial charge in [-0.25, -0.2) is 0 Å². The molecular weight excluding hydrogens is 124 g/mol. The van der Waals surface area contributed by atoms with E-state index in [1.807, 2.05) is 6.92 Å². The normalized spacial score (nSPS) is 32.8. The van der Waals surface area contributed by atoms with E-state index in [1.54, 1.807) is 0 Å². The Morgan fingerprint density at radius 3 is 2.50 bits per heavy atom. The van der Waals surface area contributed by atoms with Crippen LogP contribution in [-0.4, -0.2) is 5.78 Å². The van der Waals surface area contributed by atoms with Crippen LogP contribution in [0.1, 0.15) is 33.1 Å². The second-order valence-corrected chi connectivity index (χ2v) is 3.56. The van der Waals surface area contributed by atoms with Gasteiger partial charge in [0.05, 0.1) is 0 Å². The zero-order chi connectivity index (χ0) is 7.78. The van der Waals surface area contributed by atoms with Crippen molar-refractivity contribution >= 4 is 5.78 Å². The van der Waals surface area contributed by atoms with E-state index in [1.165, 1.54) is 0 Å². The number of hydrogen-bond donors (Lipinski definition) is 0. The highest BCUT2D eigenvalue weighted by atomic mass is 16.1. The molecule has 1 atom stereocenters. The first-order chi connectivity index (χ1) is 4.54. The topological polar surface area (TPSA) is 17.1 Å². The third-order valence-corrected chi connectivity index (χ3v) is 2.57. The highest BCUT2D eigenvalue weighted by Gasteiger charge is 2.34. The van der Waals surface area contributed by atoms with Crippen molar-refractivity contribution in [1.82, 2.24) is 0 Å². The van der Waals surface area contributed by atoms with Crippen LogP contribution in [-0.2, 0) is 4.79 Å². The molecule has 0 aromatic carbocycles. The molecule has 1 saturated carbocycles. The molecule has 0 aliphatic heterocycles. The third kappa shape index (κ3) is 1.13. The van der Waals surface area contributed by atoms with E-state index in [9.17, 15) is 4.79 Å². The van der Waals surface area contributed by atoms with Crippen molar-refractivity contribution in [2.45, 2.75) is 33.1 Å². The zero-order valence-electron chi connectivity index (χ0n) is 6.74. The van der Waals surface area contributed by atoms with Crippen molar-refractivity contribution in [3.05, 3.63) is 12.2 Å². The first-order valence-electron chi connectivity index (χ1n) is 3.72. The van der Waals surface area contributed by atoms with Gasteiger partial charge in [-0.1, -0.05) is 19.1 Å². The second kappa shape index (κ2) is 2.22. The van der Waals surface area contributed by atoms with E-state index in [4.69, 9.17) is 0 Å². The number of Topliss-reactive ketones (excluding diaryl/α,β-unsaturated/α-hetero) is 1. The first kappa shape index (κ1) is 7.52. The van der Waals surface area contributed by atoms with Gasteiger partial charge in [0.1, 0.15) is 5.78 Å². The molecule has 0 radical (unpaired) electrons. The summed E-state index contributed by atoms with van der Waals surface area (Å²) in [6.07, 6.45) is 2.47. The molecule has 1 fully saturated rings. The summed E-state index contributed by atoms with van der Waals surface area (Å²) in [5.74, 6) is 0.394. The molecule has 0 aromatic rings. The largest absolute Gasteiger partial charge is 0.300 e. The van der Waals surface area contributed by atoms with E-state index >= 15 is 0 Å². The fourth-order valence-corrected chi connectivity index (χ4v) is 1.39. The molecular formula is C9H14O. The predicted octanol–water partition coefficient (Wildman–Crippen LogP) is 2.32. The lowest BCUT2D eigenvalue weighted by atomic mass is 9.82. The van der Waals surface area contributed by atoms with Crippen molar-refractivity contribution in [3.63, 3.8) is 0 Å². The molecule has 0 bridgehead atoms. The molecule has 0 saturated heterocycles. The summed E-state index contributed by atoms with van der Waals surface area (Å²) in [5.41, 5.74) is 1.27. The fraction of sp³-hybridized carbons (Fsp3) is 0.667. The van der Waals surface area contributed by atoms with E-state index in [-0.39, 0.29) is 5.41 Å². The predicted molar refractivity (Wildman–Crippen MR) is 41.8 cm³/mol. The van der Waals surface area contributed by atoms with Gasteiger partial charge in [-0.3, -0.25) is 4.79 Å². The van der Waals surface area contributed by atoms with Gasteiger partial charge >= 0.3 is 0 Å². The van der Waals surface area contributed by atoms with Crippen LogP contribution >= 0.6 is 0 Å². The van der Waals surface area contributed by atoms with Gasteiger partial charge in [0.15, 0.2) is 0 Å². The summed E-state index contributed by atoms with van der Waals surface area (Å²) >= 11 is 0. The average Bonchev–Trinajstić information content (AvgIpc) is 2.13. The Labute approximate surface area is 62.1 Å². The van der Waals surface area contributed by atoms with Crippen LogP contribution in [0.15, 0.2) is 12.2 Å². The van der Waals surface area contributed by atoms with Crippen LogP contribution in [0.25, 0.3) is 0 Å². The molecule has 0 unspecified atom stereocenters. The van der Waals surface area contributed by atoms with E-state index in [0.29, 0.717) is 12.2 Å². The maximum absolute atomic E-state index is 10.9. The minimum atomic E-state index is 0.122. The van der Waals surface area contributed by atoms with E-state index < -0.39 is 0 Å². The Bertz CT molecular complexity index is 181. The Kier molecular flexibility index (Phi) is 1.67. The molecule has 0 aromatic heterocycles. The lowest BCUT2D eigenvalue weighted by Crippen LogP contribution is -2.12. The van der Waals surface area contributed by atoms with Crippen molar-refractivity contribution in [2.75, 3.05) is 0 Å². The number of rotatable bonds is 1. The molecule has 0 heterocycles. The maximum Gasteiger partial charge on any atom is 0.133 e. The van der Waals surface area contributed by atoms with Crippen molar-refractivity contribution < 1.29 is 4.79 Å². The Balaban J connectivity index is 2.72. The fourth-order valence-electron chi connectivity index (χ4n) is 1.39. The van der Waals surface area contributed by atoms with Crippen LogP contribution in [0.2, 0.25) is 0 Å². The molecule has 0 amide bonds. The smallest absolute Gasteiger partial charge is 0.133 e. The second-order valence-electron chi connectivity index (χ2n) is 3.56. The van der Waals surface area contributed by atoms with Gasteiger partial charge in [-0.05, 0) is 18.8 Å².